The van der Waals surface area contributed by atoms with Crippen LogP contribution in [0.4, 0.5) is 5.69 Å². The van der Waals surface area contributed by atoms with Crippen LogP contribution in [0.3, 0.4) is 0 Å². The molecule has 0 aliphatic heterocycles. The Morgan fingerprint density at radius 3 is 2.88 bits per heavy atom. The molecule has 0 atom stereocenters. The second-order valence-corrected chi connectivity index (χ2v) is 5.06. The van der Waals surface area contributed by atoms with Crippen LogP contribution in [0.2, 0.25) is 0 Å². The summed E-state index contributed by atoms with van der Waals surface area (Å²) in [6.07, 6.45) is 4.29. The van der Waals surface area contributed by atoms with Gasteiger partial charge in [0.15, 0.2) is 0 Å². The highest BCUT2D eigenvalue weighted by Crippen LogP contribution is 2.22. The lowest BCUT2D eigenvalue weighted by molar-refractivity contribution is 0.499. The van der Waals surface area contributed by atoms with E-state index in [2.05, 4.69) is 13.8 Å². The van der Waals surface area contributed by atoms with Gasteiger partial charge in [-0.2, -0.15) is 0 Å². The molecule has 0 aromatic carbocycles. The number of hydrogen-bond acceptors (Lipinski definition) is 2. The second kappa shape index (κ2) is 4.32. The van der Waals surface area contributed by atoms with Crippen molar-refractivity contribution in [2.45, 2.75) is 46.1 Å². The maximum Gasteiger partial charge on any atom is 0.273 e. The molecule has 88 valence electrons. The first kappa shape index (κ1) is 11.2. The number of aryl methyl sites for hydroxylation is 1. The van der Waals surface area contributed by atoms with Crippen LogP contribution in [0.25, 0.3) is 0 Å². The summed E-state index contributed by atoms with van der Waals surface area (Å²) in [6, 6.07) is 1.87. The topological polar surface area (TPSA) is 48.0 Å². The highest BCUT2D eigenvalue weighted by molar-refractivity contribution is 5.42. The minimum absolute atomic E-state index is 0.00120. The number of nitrogen functional groups attached to an aromatic ring is 1. The molecule has 0 saturated heterocycles. The normalized spacial score (nSPS) is 14.4. The van der Waals surface area contributed by atoms with Crippen molar-refractivity contribution in [3.63, 3.8) is 0 Å². The number of rotatable bonds is 3. The lowest BCUT2D eigenvalue weighted by Gasteiger charge is -2.14. The summed E-state index contributed by atoms with van der Waals surface area (Å²) >= 11 is 0. The predicted octanol–water partition coefficient (Wildman–Crippen LogP) is 1.97. The van der Waals surface area contributed by atoms with Gasteiger partial charge in [-0.25, -0.2) is 0 Å². The molecule has 0 amide bonds. The van der Waals surface area contributed by atoms with Crippen molar-refractivity contribution in [2.24, 2.45) is 5.92 Å². The maximum absolute atomic E-state index is 12.0. The number of anilines is 1. The monoisotopic (exact) mass is 220 g/mol. The summed E-state index contributed by atoms with van der Waals surface area (Å²) in [6.45, 7) is 5.17. The van der Waals surface area contributed by atoms with E-state index in [0.29, 0.717) is 11.6 Å². The Bertz CT molecular complexity index is 446. The van der Waals surface area contributed by atoms with Gasteiger partial charge in [0.2, 0.25) is 0 Å². The smallest absolute Gasteiger partial charge is 0.273 e. The van der Waals surface area contributed by atoms with Crippen LogP contribution in [0.1, 0.15) is 37.9 Å². The van der Waals surface area contributed by atoms with E-state index in [0.717, 1.165) is 32.2 Å². The van der Waals surface area contributed by atoms with Gasteiger partial charge in [-0.3, -0.25) is 4.79 Å². The van der Waals surface area contributed by atoms with E-state index in [1.54, 1.807) is 0 Å². The molecule has 0 spiro atoms. The Morgan fingerprint density at radius 1 is 1.44 bits per heavy atom. The van der Waals surface area contributed by atoms with Crippen molar-refractivity contribution in [1.82, 2.24) is 4.57 Å². The number of fused-ring (bicyclic) bond motifs is 1. The highest BCUT2D eigenvalue weighted by Gasteiger charge is 2.17. The van der Waals surface area contributed by atoms with E-state index in [1.807, 2.05) is 10.6 Å². The van der Waals surface area contributed by atoms with Crippen molar-refractivity contribution in [3.05, 3.63) is 27.7 Å². The Labute approximate surface area is 96.3 Å². The number of nitrogens with zero attached hydrogens (tertiary/aromatic N) is 1. The third-order valence-corrected chi connectivity index (χ3v) is 3.31. The number of pyridine rings is 1. The fourth-order valence-electron chi connectivity index (χ4n) is 2.37. The average Bonchev–Trinajstić information content (AvgIpc) is 2.65. The zero-order valence-corrected chi connectivity index (χ0v) is 10.1. The van der Waals surface area contributed by atoms with Gasteiger partial charge in [0.25, 0.3) is 5.56 Å². The highest BCUT2D eigenvalue weighted by atomic mass is 16.1. The van der Waals surface area contributed by atoms with Gasteiger partial charge in [0.05, 0.1) is 5.69 Å². The van der Waals surface area contributed by atoms with Crippen molar-refractivity contribution in [1.29, 1.82) is 0 Å². The first-order chi connectivity index (χ1) is 7.59. The van der Waals surface area contributed by atoms with Crippen LogP contribution in [0.15, 0.2) is 10.9 Å². The van der Waals surface area contributed by atoms with Gasteiger partial charge in [-0.05, 0) is 43.2 Å². The molecule has 0 bridgehead atoms. The summed E-state index contributed by atoms with van der Waals surface area (Å²) in [7, 11) is 0. The van der Waals surface area contributed by atoms with Crippen molar-refractivity contribution in [3.8, 4) is 0 Å². The van der Waals surface area contributed by atoms with Crippen molar-refractivity contribution in [2.75, 3.05) is 5.73 Å². The van der Waals surface area contributed by atoms with Gasteiger partial charge >= 0.3 is 0 Å². The van der Waals surface area contributed by atoms with E-state index >= 15 is 0 Å². The van der Waals surface area contributed by atoms with E-state index in [-0.39, 0.29) is 5.56 Å². The van der Waals surface area contributed by atoms with E-state index in [1.165, 1.54) is 11.3 Å². The Hall–Kier alpha value is -1.25. The fraction of sp³-hybridized carbons (Fsp3) is 0.615. The minimum Gasteiger partial charge on any atom is -0.394 e. The standard InChI is InChI=1S/C13H20N2O/c1-9(2)6-7-15-12-5-3-4-10(12)8-11(14)13(15)16/h8-9H,3-7,14H2,1-2H3. The lowest BCUT2D eigenvalue weighted by atomic mass is 10.1. The lowest BCUT2D eigenvalue weighted by Crippen LogP contribution is -2.26. The number of hydrogen-bond donors (Lipinski definition) is 1. The average molecular weight is 220 g/mol. The molecule has 2 N–H and O–H groups in total. The molecule has 0 fully saturated rings. The summed E-state index contributed by atoms with van der Waals surface area (Å²) in [5.41, 5.74) is 8.68. The number of aromatic nitrogens is 1. The maximum atomic E-state index is 12.0. The van der Waals surface area contributed by atoms with Gasteiger partial charge < -0.3 is 10.3 Å². The molecule has 0 unspecified atom stereocenters. The SMILES string of the molecule is CC(C)CCn1c2c(cc(N)c1=O)CCC2. The van der Waals surface area contributed by atoms with Crippen LogP contribution < -0.4 is 11.3 Å². The Balaban J connectivity index is 2.38. The molecule has 2 rings (SSSR count). The van der Waals surface area contributed by atoms with E-state index < -0.39 is 0 Å². The van der Waals surface area contributed by atoms with Gasteiger partial charge in [-0.15, -0.1) is 0 Å². The van der Waals surface area contributed by atoms with Crippen molar-refractivity contribution >= 4 is 5.69 Å². The van der Waals surface area contributed by atoms with Crippen molar-refractivity contribution < 1.29 is 0 Å². The van der Waals surface area contributed by atoms with Crippen LogP contribution in [0, 0.1) is 5.92 Å². The first-order valence-electron chi connectivity index (χ1n) is 6.10. The van der Waals surface area contributed by atoms with Crippen LogP contribution in [-0.2, 0) is 19.4 Å². The Kier molecular flexibility index (Phi) is 3.03. The largest absolute Gasteiger partial charge is 0.394 e. The molecule has 3 heteroatoms. The Morgan fingerprint density at radius 2 is 2.19 bits per heavy atom. The molecule has 1 aliphatic carbocycles. The molecule has 1 heterocycles. The number of nitrogens with two attached hydrogens (primary N) is 1. The summed E-state index contributed by atoms with van der Waals surface area (Å²) < 4.78 is 1.90. The van der Waals surface area contributed by atoms with Crippen LogP contribution >= 0.6 is 0 Å². The molecule has 16 heavy (non-hydrogen) atoms. The molecule has 0 radical (unpaired) electrons. The van der Waals surface area contributed by atoms with Crippen LogP contribution in [0.5, 0.6) is 0 Å². The molecular weight excluding hydrogens is 200 g/mol. The minimum atomic E-state index is 0.00120. The third kappa shape index (κ3) is 1.99. The zero-order chi connectivity index (χ0) is 11.7. The summed E-state index contributed by atoms with van der Waals surface area (Å²) in [4.78, 5) is 12.0. The van der Waals surface area contributed by atoms with E-state index in [4.69, 9.17) is 5.73 Å². The molecular formula is C13H20N2O. The fourth-order valence-corrected chi connectivity index (χ4v) is 2.37. The molecule has 3 nitrogen and oxygen atoms in total. The summed E-state index contributed by atoms with van der Waals surface area (Å²) in [5.74, 6) is 0.616. The van der Waals surface area contributed by atoms with Gasteiger partial charge in [0.1, 0.15) is 0 Å². The van der Waals surface area contributed by atoms with E-state index in [9.17, 15) is 4.79 Å². The zero-order valence-electron chi connectivity index (χ0n) is 10.1. The van der Waals surface area contributed by atoms with Crippen LogP contribution in [-0.4, -0.2) is 4.57 Å². The predicted molar refractivity (Wildman–Crippen MR) is 66.6 cm³/mol. The third-order valence-electron chi connectivity index (χ3n) is 3.31. The quantitative estimate of drug-likeness (QED) is 0.846. The molecule has 1 aromatic rings. The first-order valence-corrected chi connectivity index (χ1v) is 6.10. The van der Waals surface area contributed by atoms with Gasteiger partial charge in [0, 0.05) is 12.2 Å². The molecule has 1 aliphatic rings. The molecule has 0 saturated carbocycles. The second-order valence-electron chi connectivity index (χ2n) is 5.06. The summed E-state index contributed by atoms with van der Waals surface area (Å²) in [5, 5.41) is 0. The van der Waals surface area contributed by atoms with Gasteiger partial charge in [-0.1, -0.05) is 13.8 Å². The molecule has 1 aromatic heterocycles.